The maximum atomic E-state index is 15.2. The minimum Gasteiger partial charge on any atom is -0.166 e. The minimum atomic E-state index is -4.65. The summed E-state index contributed by atoms with van der Waals surface area (Å²) in [4.78, 5) is 0. The van der Waals surface area contributed by atoms with Crippen LogP contribution in [0.25, 0.3) is 141 Å². The molecule has 0 saturated heterocycles. The molecule has 0 spiro atoms. The van der Waals surface area contributed by atoms with Crippen LogP contribution in [0.1, 0.15) is 72.9 Å². The first-order chi connectivity index (χ1) is 32.5. The Bertz CT molecular complexity index is 4300. The van der Waals surface area contributed by atoms with E-state index in [1.807, 2.05) is 12.1 Å². The first-order valence-electron chi connectivity index (χ1n) is 23.4. The van der Waals surface area contributed by atoms with Gasteiger partial charge in [-0.1, -0.05) is 131 Å². The zero-order valence-corrected chi connectivity index (χ0v) is 38.0. The van der Waals surface area contributed by atoms with Crippen molar-refractivity contribution in [1.29, 1.82) is 0 Å². The molecule has 0 saturated carbocycles. The second-order valence-corrected chi connectivity index (χ2v) is 20.1. The van der Waals surface area contributed by atoms with Gasteiger partial charge in [-0.15, -0.1) is 0 Å². The molecule has 0 radical (unpaired) electrons. The number of alkyl halides is 6. The van der Waals surface area contributed by atoms with Crippen molar-refractivity contribution in [1.82, 2.24) is 0 Å². The van der Waals surface area contributed by atoms with Crippen molar-refractivity contribution in [2.75, 3.05) is 0 Å². The third-order valence-electron chi connectivity index (χ3n) is 15.6. The monoisotopic (exact) mass is 898 g/mol. The Balaban J connectivity index is 1.19. The molecule has 0 bridgehead atoms. The summed E-state index contributed by atoms with van der Waals surface area (Å²) in [5.74, 6) is 0.547. The highest BCUT2D eigenvalue weighted by molar-refractivity contribution is 6.51. The standard InChI is InChI=1S/C62H40F6/c1-27(2)47-33-10-7-8-11-34(33)48(28(3)4)57-42-19-15-36-38-17-21-44-54-43(20-16-37(52(38)54)35-14-18-41(56(47)57)53(42)51(35)36)58-49(31-22-29(5)23-32(26-31)61(63,64)65)39-12-9-13-40-50-45(60(55(39)40)59(44)58)24-30(6)25-46(50)62(66,67)68/h7-28H,1-6H3. The summed E-state index contributed by atoms with van der Waals surface area (Å²) in [7, 11) is 0. The summed E-state index contributed by atoms with van der Waals surface area (Å²) < 4.78 is 89.7. The smallest absolute Gasteiger partial charge is 0.166 e. The van der Waals surface area contributed by atoms with Crippen LogP contribution in [0.4, 0.5) is 26.3 Å². The molecule has 330 valence electrons. The lowest BCUT2D eigenvalue weighted by Crippen LogP contribution is -2.05. The van der Waals surface area contributed by atoms with Crippen molar-refractivity contribution in [2.24, 2.45) is 0 Å². The van der Waals surface area contributed by atoms with E-state index in [-0.39, 0.29) is 17.2 Å². The van der Waals surface area contributed by atoms with Gasteiger partial charge < -0.3 is 0 Å². The molecule has 13 aromatic carbocycles. The molecule has 0 aromatic heterocycles. The summed E-state index contributed by atoms with van der Waals surface area (Å²) in [5, 5.41) is 17.6. The van der Waals surface area contributed by atoms with Gasteiger partial charge in [0.25, 0.3) is 0 Å². The highest BCUT2D eigenvalue weighted by Gasteiger charge is 2.38. The normalized spacial score (nSPS) is 13.6. The SMILES string of the molecule is Cc1cc(-c2c3cccc4c5c(C(F)(F)F)cc(C)cc5c(c34)c3c4ccc5c6ccc7c8c(ccc(c9ccc(c23)c4c95)c86)-c2c-7c(C(C)C)c3ccccc3c2C(C)C)cc(C(F)(F)F)c1. The van der Waals surface area contributed by atoms with Gasteiger partial charge in [0, 0.05) is 5.39 Å². The molecule has 0 atom stereocenters. The van der Waals surface area contributed by atoms with E-state index in [2.05, 4.69) is 100 Å². The highest BCUT2D eigenvalue weighted by Crippen LogP contribution is 2.60. The third-order valence-corrected chi connectivity index (χ3v) is 15.6. The van der Waals surface area contributed by atoms with Crippen molar-refractivity contribution in [3.8, 4) is 33.4 Å². The molecule has 0 heterocycles. The summed E-state index contributed by atoms with van der Waals surface area (Å²) in [6, 6.07) is 39.1. The number of fused-ring (bicyclic) bond motifs is 13. The van der Waals surface area contributed by atoms with Gasteiger partial charge in [0.2, 0.25) is 0 Å². The van der Waals surface area contributed by atoms with Gasteiger partial charge in [0.15, 0.2) is 0 Å². The molecule has 0 aliphatic heterocycles. The van der Waals surface area contributed by atoms with Crippen molar-refractivity contribution in [3.63, 3.8) is 0 Å². The van der Waals surface area contributed by atoms with Crippen LogP contribution in [0.15, 0.2) is 121 Å². The van der Waals surface area contributed by atoms with Crippen LogP contribution in [0.3, 0.4) is 0 Å². The topological polar surface area (TPSA) is 0 Å². The van der Waals surface area contributed by atoms with Gasteiger partial charge in [0.05, 0.1) is 11.1 Å². The van der Waals surface area contributed by atoms with E-state index in [1.165, 1.54) is 67.1 Å². The predicted octanol–water partition coefficient (Wildman–Crippen LogP) is 19.7. The molecular formula is C62H40F6. The largest absolute Gasteiger partial charge is 0.417 e. The molecule has 0 amide bonds. The van der Waals surface area contributed by atoms with E-state index in [4.69, 9.17) is 0 Å². The molecule has 0 fully saturated rings. The van der Waals surface area contributed by atoms with Crippen LogP contribution in [-0.4, -0.2) is 0 Å². The van der Waals surface area contributed by atoms with E-state index >= 15 is 13.2 Å². The van der Waals surface area contributed by atoms with Crippen molar-refractivity contribution in [3.05, 3.63) is 155 Å². The molecule has 0 nitrogen and oxygen atoms in total. The molecule has 1 aliphatic carbocycles. The predicted molar refractivity (Wildman–Crippen MR) is 273 cm³/mol. The van der Waals surface area contributed by atoms with Crippen molar-refractivity contribution in [2.45, 2.75) is 65.7 Å². The fourth-order valence-corrected chi connectivity index (χ4v) is 13.4. The molecular weight excluding hydrogens is 859 g/mol. The van der Waals surface area contributed by atoms with E-state index in [0.717, 1.165) is 59.9 Å². The molecule has 13 aromatic rings. The Morgan fingerprint density at radius 3 is 1.37 bits per heavy atom. The molecule has 14 rings (SSSR count). The fourth-order valence-electron chi connectivity index (χ4n) is 13.4. The van der Waals surface area contributed by atoms with Crippen molar-refractivity contribution >= 4 is 108 Å². The first-order valence-corrected chi connectivity index (χ1v) is 23.4. The van der Waals surface area contributed by atoms with Gasteiger partial charge in [-0.2, -0.15) is 26.3 Å². The third kappa shape index (κ3) is 4.83. The lowest BCUT2D eigenvalue weighted by atomic mass is 9.80. The second kappa shape index (κ2) is 12.9. The molecule has 0 unspecified atom stereocenters. The summed E-state index contributed by atoms with van der Waals surface area (Å²) in [6.07, 6.45) is -9.26. The molecule has 68 heavy (non-hydrogen) atoms. The maximum absolute atomic E-state index is 15.2. The van der Waals surface area contributed by atoms with E-state index in [9.17, 15) is 13.2 Å². The van der Waals surface area contributed by atoms with Gasteiger partial charge >= 0.3 is 12.4 Å². The Morgan fingerprint density at radius 2 is 0.794 bits per heavy atom. The van der Waals surface area contributed by atoms with Gasteiger partial charge in [0.1, 0.15) is 0 Å². The molecule has 6 heteroatoms. The Morgan fingerprint density at radius 1 is 0.338 bits per heavy atom. The lowest BCUT2D eigenvalue weighted by Gasteiger charge is -2.23. The summed E-state index contributed by atoms with van der Waals surface area (Å²) in [6.45, 7) is 12.5. The minimum absolute atomic E-state index is 0.113. The fraction of sp³-hybridized carbons (Fsp3) is 0.161. The van der Waals surface area contributed by atoms with Crippen LogP contribution >= 0.6 is 0 Å². The second-order valence-electron chi connectivity index (χ2n) is 20.1. The Labute approximate surface area is 386 Å². The van der Waals surface area contributed by atoms with Crippen LogP contribution < -0.4 is 0 Å². The number of hydrogen-bond acceptors (Lipinski definition) is 0. The molecule has 1 aliphatic rings. The zero-order chi connectivity index (χ0) is 46.8. The van der Waals surface area contributed by atoms with Crippen molar-refractivity contribution < 1.29 is 26.3 Å². The van der Waals surface area contributed by atoms with Crippen LogP contribution in [0.2, 0.25) is 0 Å². The average molecular weight is 899 g/mol. The summed E-state index contributed by atoms with van der Waals surface area (Å²) in [5.41, 5.74) is 8.25. The van der Waals surface area contributed by atoms with E-state index in [0.29, 0.717) is 49.2 Å². The van der Waals surface area contributed by atoms with Crippen LogP contribution in [0.5, 0.6) is 0 Å². The number of halogens is 6. The van der Waals surface area contributed by atoms with E-state index in [1.54, 1.807) is 32.0 Å². The summed E-state index contributed by atoms with van der Waals surface area (Å²) >= 11 is 0. The first kappa shape index (κ1) is 39.9. The van der Waals surface area contributed by atoms with Crippen LogP contribution in [-0.2, 0) is 12.4 Å². The number of hydrogen-bond donors (Lipinski definition) is 0. The van der Waals surface area contributed by atoms with E-state index < -0.39 is 23.5 Å². The van der Waals surface area contributed by atoms with Crippen LogP contribution in [0, 0.1) is 13.8 Å². The Kier molecular flexibility index (Phi) is 7.56. The van der Waals surface area contributed by atoms with Gasteiger partial charge in [-0.3, -0.25) is 0 Å². The average Bonchev–Trinajstić information content (AvgIpc) is 3.92. The number of benzene rings is 11. The van der Waals surface area contributed by atoms with Gasteiger partial charge in [-0.25, -0.2) is 0 Å². The number of aryl methyl sites for hydroxylation is 2. The molecule has 0 N–H and O–H groups in total. The number of rotatable bonds is 3. The Hall–Kier alpha value is -7.18. The lowest BCUT2D eigenvalue weighted by molar-refractivity contribution is -0.138. The zero-order valence-electron chi connectivity index (χ0n) is 38.0. The highest BCUT2D eigenvalue weighted by atomic mass is 19.4. The van der Waals surface area contributed by atoms with Gasteiger partial charge in [-0.05, 0) is 202 Å². The maximum Gasteiger partial charge on any atom is 0.417 e. The quantitative estimate of drug-likeness (QED) is 0.0942.